The van der Waals surface area contributed by atoms with E-state index in [0.717, 1.165) is 40.6 Å². The number of aromatic nitrogens is 1. The van der Waals surface area contributed by atoms with Gasteiger partial charge >= 0.3 is 0 Å². The number of nitrogens with zero attached hydrogens (tertiary/aromatic N) is 1. The van der Waals surface area contributed by atoms with Gasteiger partial charge in [0.05, 0.1) is 16.7 Å². The van der Waals surface area contributed by atoms with Gasteiger partial charge < -0.3 is 14.3 Å². The lowest BCUT2D eigenvalue weighted by molar-refractivity contribution is 0.590. The van der Waals surface area contributed by atoms with E-state index in [1.54, 1.807) is 0 Å². The molecule has 13 aromatic rings. The quantitative estimate of drug-likeness (QED) is 0.174. The predicted molar refractivity (Wildman–Crippen MR) is 325 cm³/mol. The average molecular weight is 993 g/mol. The highest BCUT2D eigenvalue weighted by atomic mass is 32.1. The van der Waals surface area contributed by atoms with Gasteiger partial charge in [0.1, 0.15) is 11.2 Å². The zero-order chi connectivity index (χ0) is 50.6. The third-order valence-corrected chi connectivity index (χ3v) is 18.3. The molecule has 6 heteroatoms. The molecule has 14 rings (SSSR count). The van der Waals surface area contributed by atoms with E-state index in [9.17, 15) is 0 Å². The lowest BCUT2D eigenvalue weighted by Crippen LogP contribution is -2.37. The molecule has 1 aliphatic heterocycles. The summed E-state index contributed by atoms with van der Waals surface area (Å²) in [5.74, 6) is 0. The highest BCUT2D eigenvalue weighted by Gasteiger charge is 2.33. The Hall–Kier alpha value is -7.38. The SMILES string of the molecule is CC(C)(C)c1ccc(Nc2cc3oc4ccc(C(C)(C)C)cc4c3cc2-c2c3c4c(c5cc(C(C)(C)C)ccc5n4-c4cc5c(-c6ccccc6)c(-c6ccccc6)sc5cc4B3)c3sc4ccccc4c23)cc1. The number of furan rings is 1. The Labute approximate surface area is 441 Å². The van der Waals surface area contributed by atoms with Crippen LogP contribution in [0.3, 0.4) is 0 Å². The molecule has 1 N–H and O–H groups in total. The third kappa shape index (κ3) is 6.98. The Morgan fingerprint density at radius 1 is 0.486 bits per heavy atom. The molecule has 0 bridgehead atoms. The zero-order valence-electron chi connectivity index (χ0n) is 43.5. The Kier molecular flexibility index (Phi) is 9.82. The van der Waals surface area contributed by atoms with Crippen molar-refractivity contribution < 1.29 is 4.42 Å². The average Bonchev–Trinajstić information content (AvgIpc) is 4.15. The summed E-state index contributed by atoms with van der Waals surface area (Å²) in [6.07, 6.45) is 0. The van der Waals surface area contributed by atoms with Crippen molar-refractivity contribution >= 4 is 126 Å². The maximum Gasteiger partial charge on any atom is 0.198 e. The van der Waals surface area contributed by atoms with E-state index in [4.69, 9.17) is 4.42 Å². The molecule has 0 spiro atoms. The molecule has 74 heavy (non-hydrogen) atoms. The van der Waals surface area contributed by atoms with E-state index >= 15 is 0 Å². The van der Waals surface area contributed by atoms with Gasteiger partial charge in [0.15, 0.2) is 7.28 Å². The summed E-state index contributed by atoms with van der Waals surface area (Å²) in [5, 5.41) is 12.9. The highest BCUT2D eigenvalue weighted by Crippen LogP contribution is 2.52. The van der Waals surface area contributed by atoms with Crippen LogP contribution in [0.4, 0.5) is 11.4 Å². The molecule has 5 heterocycles. The largest absolute Gasteiger partial charge is 0.456 e. The summed E-state index contributed by atoms with van der Waals surface area (Å²) in [7, 11) is 0.775. The summed E-state index contributed by atoms with van der Waals surface area (Å²) < 4.78 is 13.4. The van der Waals surface area contributed by atoms with Crippen molar-refractivity contribution in [3.63, 3.8) is 0 Å². The summed E-state index contributed by atoms with van der Waals surface area (Å²) in [4.78, 5) is 1.30. The molecule has 1 aliphatic rings. The molecule has 4 aromatic heterocycles. The number of rotatable bonds is 5. The first-order valence-electron chi connectivity index (χ1n) is 26.1. The van der Waals surface area contributed by atoms with Crippen molar-refractivity contribution in [1.82, 2.24) is 4.57 Å². The second kappa shape index (κ2) is 16.1. The first-order valence-corrected chi connectivity index (χ1v) is 27.7. The van der Waals surface area contributed by atoms with Crippen molar-refractivity contribution in [3.05, 3.63) is 187 Å². The number of benzene rings is 9. The van der Waals surface area contributed by atoms with Gasteiger partial charge in [-0.2, -0.15) is 0 Å². The number of anilines is 2. The van der Waals surface area contributed by atoms with E-state index in [2.05, 4.69) is 242 Å². The first kappa shape index (κ1) is 45.3. The monoisotopic (exact) mass is 992 g/mol. The molecular formula is C68H57BN2OS2. The fraction of sp³-hybridized carbons (Fsp3) is 0.176. The van der Waals surface area contributed by atoms with Crippen LogP contribution in [0, 0.1) is 0 Å². The normalized spacial score (nSPS) is 13.0. The van der Waals surface area contributed by atoms with E-state index in [1.165, 1.54) is 118 Å². The molecule has 0 unspecified atom stereocenters. The molecule has 0 atom stereocenters. The summed E-state index contributed by atoms with van der Waals surface area (Å²) in [6, 6.07) is 64.1. The van der Waals surface area contributed by atoms with Gasteiger partial charge in [0.2, 0.25) is 0 Å². The maximum absolute atomic E-state index is 6.85. The van der Waals surface area contributed by atoms with Crippen molar-refractivity contribution in [1.29, 1.82) is 0 Å². The van der Waals surface area contributed by atoms with Gasteiger partial charge in [-0.25, -0.2) is 0 Å². The van der Waals surface area contributed by atoms with Crippen LogP contribution in [-0.2, 0) is 16.2 Å². The molecular weight excluding hydrogens is 936 g/mol. The zero-order valence-corrected chi connectivity index (χ0v) is 45.2. The van der Waals surface area contributed by atoms with Crippen LogP contribution in [-0.4, -0.2) is 11.8 Å². The molecule has 0 aliphatic carbocycles. The van der Waals surface area contributed by atoms with Gasteiger partial charge in [0.25, 0.3) is 0 Å². The minimum absolute atomic E-state index is 0.0242. The minimum atomic E-state index is -0.0364. The van der Waals surface area contributed by atoms with Crippen molar-refractivity contribution in [3.8, 4) is 38.4 Å². The van der Waals surface area contributed by atoms with E-state index in [-0.39, 0.29) is 16.2 Å². The Balaban J connectivity index is 1.14. The summed E-state index contributed by atoms with van der Waals surface area (Å²) in [5.41, 5.74) is 20.5. The molecule has 3 nitrogen and oxygen atoms in total. The number of thiophene rings is 2. The molecule has 0 fully saturated rings. The molecule has 9 aromatic carbocycles. The van der Waals surface area contributed by atoms with Crippen LogP contribution >= 0.6 is 22.7 Å². The molecule has 0 amide bonds. The molecule has 360 valence electrons. The van der Waals surface area contributed by atoms with E-state index < -0.39 is 0 Å². The number of hydrogen-bond acceptors (Lipinski definition) is 4. The van der Waals surface area contributed by atoms with Gasteiger partial charge in [-0.1, -0.05) is 171 Å². The number of nitrogens with one attached hydrogen (secondary N) is 1. The first-order chi connectivity index (χ1) is 35.6. The van der Waals surface area contributed by atoms with Crippen LogP contribution in [0.1, 0.15) is 79.0 Å². The lowest BCUT2D eigenvalue weighted by atomic mass is 9.58. The van der Waals surface area contributed by atoms with Crippen molar-refractivity contribution in [2.75, 3.05) is 5.32 Å². The van der Waals surface area contributed by atoms with E-state index in [1.807, 2.05) is 22.7 Å². The third-order valence-electron chi connectivity index (χ3n) is 15.9. The summed E-state index contributed by atoms with van der Waals surface area (Å²) >= 11 is 3.86. The van der Waals surface area contributed by atoms with Crippen LogP contribution in [0.5, 0.6) is 0 Å². The van der Waals surface area contributed by atoms with Crippen LogP contribution in [0.15, 0.2) is 174 Å². The molecule has 0 radical (unpaired) electrons. The van der Waals surface area contributed by atoms with Gasteiger partial charge in [0, 0.05) is 85.2 Å². The highest BCUT2D eigenvalue weighted by molar-refractivity contribution is 7.27. The van der Waals surface area contributed by atoms with Crippen LogP contribution in [0.25, 0.3) is 112 Å². The second-order valence-electron chi connectivity index (χ2n) is 23.8. The Morgan fingerprint density at radius 2 is 1.12 bits per heavy atom. The van der Waals surface area contributed by atoms with Gasteiger partial charge in [-0.3, -0.25) is 0 Å². The topological polar surface area (TPSA) is 30.1 Å². The van der Waals surface area contributed by atoms with E-state index in [0.29, 0.717) is 0 Å². The Morgan fingerprint density at radius 3 is 1.84 bits per heavy atom. The van der Waals surface area contributed by atoms with Crippen molar-refractivity contribution in [2.45, 2.75) is 78.6 Å². The molecule has 0 saturated heterocycles. The van der Waals surface area contributed by atoms with Gasteiger partial charge in [-0.05, 0) is 116 Å². The maximum atomic E-state index is 6.85. The standard InChI is InChI=1S/C68H57BN2OS2/c1-66(2,3)40-24-28-43(29-25-40)70-51-37-55-46(45-32-42(68(7,8)9)27-31-54(45)72-55)34-47(51)59-60-44-22-16-17-23-56(44)73-65(60)61-48-33-41(67(4,5)6)26-30-52(48)71-53-35-49-57(36-50(53)69-62(59)63(61)71)74-64(39-20-14-11-15-21-39)58(49)38-18-12-10-13-19-38/h10-37,69-70H,1-9H3. The second-order valence-corrected chi connectivity index (χ2v) is 25.9. The summed E-state index contributed by atoms with van der Waals surface area (Å²) in [6.45, 7) is 20.7. The van der Waals surface area contributed by atoms with Crippen LogP contribution < -0.4 is 16.2 Å². The Bertz CT molecular complexity index is 4450. The molecule has 0 saturated carbocycles. The van der Waals surface area contributed by atoms with Crippen molar-refractivity contribution in [2.24, 2.45) is 0 Å². The van der Waals surface area contributed by atoms with Gasteiger partial charge in [-0.15, -0.1) is 22.7 Å². The fourth-order valence-electron chi connectivity index (χ4n) is 11.9. The number of fused-ring (bicyclic) bond motifs is 13. The predicted octanol–water partition coefficient (Wildman–Crippen LogP) is 18.6. The van der Waals surface area contributed by atoms with Crippen LogP contribution in [0.2, 0.25) is 0 Å². The smallest absolute Gasteiger partial charge is 0.198 e. The fourth-order valence-corrected chi connectivity index (χ4v) is 14.5. The number of hydrogen-bond donors (Lipinski definition) is 1. The minimum Gasteiger partial charge on any atom is -0.456 e. The lowest BCUT2D eigenvalue weighted by Gasteiger charge is -2.25.